The Morgan fingerprint density at radius 2 is 2.24 bits per heavy atom. The lowest BCUT2D eigenvalue weighted by molar-refractivity contribution is -0.113. The van der Waals surface area contributed by atoms with Gasteiger partial charge in [0.2, 0.25) is 11.8 Å². The van der Waals surface area contributed by atoms with Crippen molar-refractivity contribution < 1.29 is 14.6 Å². The summed E-state index contributed by atoms with van der Waals surface area (Å²) in [5.41, 5.74) is 5.09. The zero-order valence-electron chi connectivity index (χ0n) is 9.17. The second kappa shape index (κ2) is 4.82. The van der Waals surface area contributed by atoms with Gasteiger partial charge in [0.15, 0.2) is 0 Å². The fraction of sp³-hybridized carbons (Fsp3) is 0.364. The van der Waals surface area contributed by atoms with Crippen LogP contribution in [0.25, 0.3) is 5.76 Å². The van der Waals surface area contributed by atoms with E-state index in [4.69, 9.17) is 10.5 Å². The molecule has 2 rings (SSSR count). The number of hydrogen-bond donors (Lipinski definition) is 2. The molecule has 0 atom stereocenters. The molecule has 1 aromatic heterocycles. The highest BCUT2D eigenvalue weighted by Gasteiger charge is 2.19. The summed E-state index contributed by atoms with van der Waals surface area (Å²) in [6.07, 6.45) is 7.12. The van der Waals surface area contributed by atoms with Crippen LogP contribution >= 0.6 is 0 Å². The number of rotatable bonds is 4. The largest absolute Gasteiger partial charge is 0.505 e. The molecule has 1 aromatic rings. The Labute approximate surface area is 98.1 Å². The molecule has 1 amide bonds. The SMILES string of the molecule is NC(=O)/C=C(\O)c1cnc(OC2CCC2)cn1. The Hall–Kier alpha value is -2.11. The molecule has 6 heteroatoms. The lowest BCUT2D eigenvalue weighted by Gasteiger charge is -2.25. The molecule has 0 radical (unpaired) electrons. The van der Waals surface area contributed by atoms with Crippen molar-refractivity contribution >= 4 is 11.7 Å². The molecular weight excluding hydrogens is 222 g/mol. The fourth-order valence-corrected chi connectivity index (χ4v) is 1.38. The van der Waals surface area contributed by atoms with Crippen LogP contribution in [-0.4, -0.2) is 27.1 Å². The third-order valence-electron chi connectivity index (χ3n) is 2.51. The molecular formula is C11H13N3O3. The van der Waals surface area contributed by atoms with Crippen LogP contribution < -0.4 is 10.5 Å². The topological polar surface area (TPSA) is 98.3 Å². The molecule has 0 saturated heterocycles. The molecule has 0 unspecified atom stereocenters. The van der Waals surface area contributed by atoms with Crippen LogP contribution in [0.1, 0.15) is 25.0 Å². The van der Waals surface area contributed by atoms with Crippen molar-refractivity contribution in [3.63, 3.8) is 0 Å². The summed E-state index contributed by atoms with van der Waals surface area (Å²) in [7, 11) is 0. The average molecular weight is 235 g/mol. The number of nitrogens with two attached hydrogens (primary N) is 1. The predicted octanol–water partition coefficient (Wildman–Crippen LogP) is 0.792. The van der Waals surface area contributed by atoms with E-state index in [0.717, 1.165) is 18.9 Å². The second-order valence-corrected chi connectivity index (χ2v) is 3.84. The van der Waals surface area contributed by atoms with Crippen molar-refractivity contribution in [3.05, 3.63) is 24.2 Å². The minimum Gasteiger partial charge on any atom is -0.505 e. The quantitative estimate of drug-likeness (QED) is 0.594. The van der Waals surface area contributed by atoms with Gasteiger partial charge in [0.05, 0.1) is 12.4 Å². The summed E-state index contributed by atoms with van der Waals surface area (Å²) in [6.45, 7) is 0. The van der Waals surface area contributed by atoms with Gasteiger partial charge in [0.1, 0.15) is 17.6 Å². The highest BCUT2D eigenvalue weighted by atomic mass is 16.5. The zero-order valence-corrected chi connectivity index (χ0v) is 9.17. The van der Waals surface area contributed by atoms with Gasteiger partial charge in [-0.25, -0.2) is 9.97 Å². The molecule has 3 N–H and O–H groups in total. The normalized spacial score (nSPS) is 16.4. The molecule has 0 bridgehead atoms. The van der Waals surface area contributed by atoms with Crippen molar-refractivity contribution in [1.82, 2.24) is 9.97 Å². The van der Waals surface area contributed by atoms with Crippen molar-refractivity contribution in [3.8, 4) is 5.88 Å². The van der Waals surface area contributed by atoms with Crippen LogP contribution in [0.3, 0.4) is 0 Å². The van der Waals surface area contributed by atoms with Gasteiger partial charge in [-0.2, -0.15) is 0 Å². The highest BCUT2D eigenvalue weighted by molar-refractivity contribution is 5.91. The number of carbonyl (C=O) groups is 1. The van der Waals surface area contributed by atoms with Crippen LogP contribution in [0.2, 0.25) is 0 Å². The smallest absolute Gasteiger partial charge is 0.245 e. The molecule has 6 nitrogen and oxygen atoms in total. The van der Waals surface area contributed by atoms with Gasteiger partial charge in [0, 0.05) is 6.08 Å². The van der Waals surface area contributed by atoms with E-state index in [-0.39, 0.29) is 17.6 Å². The van der Waals surface area contributed by atoms with Crippen LogP contribution in [0, 0.1) is 0 Å². The Balaban J connectivity index is 2.04. The van der Waals surface area contributed by atoms with Crippen molar-refractivity contribution in [2.75, 3.05) is 0 Å². The van der Waals surface area contributed by atoms with Gasteiger partial charge < -0.3 is 15.6 Å². The first-order chi connectivity index (χ1) is 8.15. The number of carbonyl (C=O) groups excluding carboxylic acids is 1. The van der Waals surface area contributed by atoms with E-state index in [1.807, 2.05) is 0 Å². The first kappa shape index (κ1) is 11.4. The number of hydrogen-bond acceptors (Lipinski definition) is 5. The third-order valence-corrected chi connectivity index (χ3v) is 2.51. The van der Waals surface area contributed by atoms with Crippen LogP contribution in [0.4, 0.5) is 0 Å². The van der Waals surface area contributed by atoms with Crippen LogP contribution in [0.5, 0.6) is 5.88 Å². The molecule has 1 aliphatic carbocycles. The Kier molecular flexibility index (Phi) is 3.22. The molecule has 17 heavy (non-hydrogen) atoms. The van der Waals surface area contributed by atoms with Gasteiger partial charge in [-0.3, -0.25) is 4.79 Å². The maximum atomic E-state index is 10.6. The third kappa shape index (κ3) is 2.93. The molecule has 0 aliphatic heterocycles. The molecule has 1 heterocycles. The molecule has 1 fully saturated rings. The van der Waals surface area contributed by atoms with Gasteiger partial charge in [-0.05, 0) is 19.3 Å². The Bertz CT molecular complexity index is 438. The summed E-state index contributed by atoms with van der Waals surface area (Å²) in [5.74, 6) is -0.621. The zero-order chi connectivity index (χ0) is 12.3. The Morgan fingerprint density at radius 1 is 1.47 bits per heavy atom. The second-order valence-electron chi connectivity index (χ2n) is 3.84. The number of primary amides is 1. The Morgan fingerprint density at radius 3 is 2.71 bits per heavy atom. The first-order valence-electron chi connectivity index (χ1n) is 5.34. The average Bonchev–Trinajstić information content (AvgIpc) is 2.23. The highest BCUT2D eigenvalue weighted by Crippen LogP contribution is 2.23. The summed E-state index contributed by atoms with van der Waals surface area (Å²) >= 11 is 0. The number of ether oxygens (including phenoxy) is 1. The van der Waals surface area contributed by atoms with Crippen molar-refractivity contribution in [1.29, 1.82) is 0 Å². The molecule has 0 aromatic carbocycles. The van der Waals surface area contributed by atoms with Gasteiger partial charge in [0.25, 0.3) is 0 Å². The summed E-state index contributed by atoms with van der Waals surface area (Å²) in [6, 6.07) is 0. The molecule has 1 saturated carbocycles. The molecule has 1 aliphatic rings. The van der Waals surface area contributed by atoms with Crippen LogP contribution in [0.15, 0.2) is 18.5 Å². The lowest BCUT2D eigenvalue weighted by Crippen LogP contribution is -2.25. The van der Waals surface area contributed by atoms with E-state index < -0.39 is 5.91 Å². The number of aromatic nitrogens is 2. The van der Waals surface area contributed by atoms with E-state index in [1.165, 1.54) is 18.8 Å². The van der Waals surface area contributed by atoms with E-state index in [1.54, 1.807) is 0 Å². The van der Waals surface area contributed by atoms with E-state index in [9.17, 15) is 9.90 Å². The minimum absolute atomic E-state index is 0.185. The molecule has 90 valence electrons. The monoisotopic (exact) mass is 235 g/mol. The maximum absolute atomic E-state index is 10.6. The van der Waals surface area contributed by atoms with E-state index >= 15 is 0 Å². The maximum Gasteiger partial charge on any atom is 0.245 e. The first-order valence-corrected chi connectivity index (χ1v) is 5.34. The predicted molar refractivity (Wildman–Crippen MR) is 60.1 cm³/mol. The minimum atomic E-state index is -0.737. The van der Waals surface area contributed by atoms with Gasteiger partial charge in [-0.15, -0.1) is 0 Å². The van der Waals surface area contributed by atoms with E-state index in [0.29, 0.717) is 5.88 Å². The summed E-state index contributed by atoms with van der Waals surface area (Å²) in [5, 5.41) is 9.44. The number of aliphatic hydroxyl groups excluding tert-OH is 1. The lowest BCUT2D eigenvalue weighted by atomic mass is 9.96. The molecule has 0 spiro atoms. The van der Waals surface area contributed by atoms with Gasteiger partial charge >= 0.3 is 0 Å². The van der Waals surface area contributed by atoms with E-state index in [2.05, 4.69) is 9.97 Å². The fourth-order valence-electron chi connectivity index (χ4n) is 1.38. The standard InChI is InChI=1S/C11H13N3O3/c12-10(16)4-9(15)8-5-14-11(6-13-8)17-7-2-1-3-7/h4-7,15H,1-3H2,(H2,12,16)/b9-4-. The van der Waals surface area contributed by atoms with Crippen molar-refractivity contribution in [2.24, 2.45) is 5.73 Å². The summed E-state index contributed by atoms with van der Waals surface area (Å²) in [4.78, 5) is 18.5. The number of nitrogens with zero attached hydrogens (tertiary/aromatic N) is 2. The summed E-state index contributed by atoms with van der Waals surface area (Å²) < 4.78 is 5.50. The number of amides is 1. The van der Waals surface area contributed by atoms with Crippen molar-refractivity contribution in [2.45, 2.75) is 25.4 Å². The van der Waals surface area contributed by atoms with Crippen LogP contribution in [-0.2, 0) is 4.79 Å². The number of aliphatic hydroxyl groups is 1. The van der Waals surface area contributed by atoms with Gasteiger partial charge in [-0.1, -0.05) is 0 Å².